The van der Waals surface area contributed by atoms with E-state index in [-0.39, 0.29) is 11.6 Å². The van der Waals surface area contributed by atoms with E-state index in [9.17, 15) is 9.59 Å². The lowest BCUT2D eigenvalue weighted by molar-refractivity contribution is 0.0791. The van der Waals surface area contributed by atoms with E-state index in [0.717, 1.165) is 0 Å². The van der Waals surface area contributed by atoms with Crippen LogP contribution in [0.2, 0.25) is 0 Å². The minimum Gasteiger partial charge on any atom is -0.364 e. The summed E-state index contributed by atoms with van der Waals surface area (Å²) < 4.78 is 1.36. The Morgan fingerprint density at radius 3 is 2.60 bits per heavy atom. The van der Waals surface area contributed by atoms with Gasteiger partial charge in [-0.3, -0.25) is 14.3 Å². The van der Waals surface area contributed by atoms with Gasteiger partial charge >= 0.3 is 0 Å². The molecule has 1 rings (SSSR count). The first-order valence-corrected chi connectivity index (χ1v) is 4.56. The largest absolute Gasteiger partial charge is 0.364 e. The highest BCUT2D eigenvalue weighted by molar-refractivity contribution is 5.97. The highest BCUT2D eigenvalue weighted by Crippen LogP contribution is 2.05. The summed E-state index contributed by atoms with van der Waals surface area (Å²) in [5.74, 6) is -0.816. The zero-order chi connectivity index (χ0) is 11.6. The smallest absolute Gasteiger partial charge is 0.271 e. The molecule has 0 bridgehead atoms. The molecule has 2 N–H and O–H groups in total. The summed E-state index contributed by atoms with van der Waals surface area (Å²) in [6.07, 6.45) is 0. The number of aryl methyl sites for hydroxylation is 1. The maximum atomic E-state index is 11.7. The van der Waals surface area contributed by atoms with Gasteiger partial charge in [-0.2, -0.15) is 5.10 Å². The van der Waals surface area contributed by atoms with Gasteiger partial charge in [0.15, 0.2) is 5.69 Å². The van der Waals surface area contributed by atoms with Gasteiger partial charge in [-0.1, -0.05) is 0 Å². The van der Waals surface area contributed by atoms with Gasteiger partial charge in [0, 0.05) is 26.7 Å². The van der Waals surface area contributed by atoms with E-state index >= 15 is 0 Å². The lowest BCUT2D eigenvalue weighted by Gasteiger charge is -2.13. The van der Waals surface area contributed by atoms with Crippen molar-refractivity contribution < 1.29 is 9.59 Å². The van der Waals surface area contributed by atoms with Gasteiger partial charge in [0.2, 0.25) is 0 Å². The van der Waals surface area contributed by atoms with Crippen molar-refractivity contribution in [3.63, 3.8) is 0 Å². The molecule has 0 aliphatic rings. The van der Waals surface area contributed by atoms with Gasteiger partial charge in [-0.25, -0.2) is 0 Å². The number of amides is 2. The molecular weight excluding hydrogens is 196 g/mol. The van der Waals surface area contributed by atoms with Crippen LogP contribution in [0.4, 0.5) is 0 Å². The lowest BCUT2D eigenvalue weighted by atomic mass is 10.3. The molecule has 6 nitrogen and oxygen atoms in total. The first-order chi connectivity index (χ1) is 6.97. The predicted octanol–water partition coefficient (Wildman–Crippen LogP) is -0.389. The summed E-state index contributed by atoms with van der Waals surface area (Å²) in [5.41, 5.74) is 5.52. The third-order valence-corrected chi connectivity index (χ3v) is 2.17. The van der Waals surface area contributed by atoms with Gasteiger partial charge in [0.25, 0.3) is 11.8 Å². The molecule has 0 aliphatic carbocycles. The van der Waals surface area contributed by atoms with Crippen molar-refractivity contribution in [1.82, 2.24) is 14.7 Å². The average molecular weight is 210 g/mol. The van der Waals surface area contributed by atoms with Crippen molar-refractivity contribution in [1.29, 1.82) is 0 Å². The average Bonchev–Trinajstić information content (AvgIpc) is 2.58. The maximum absolute atomic E-state index is 11.7. The SMILES string of the molecule is CCN(C)C(=O)c1cc(C(N)=O)nn1C. The number of aromatic nitrogens is 2. The molecule has 0 fully saturated rings. The fourth-order valence-corrected chi connectivity index (χ4v) is 1.13. The van der Waals surface area contributed by atoms with E-state index in [0.29, 0.717) is 12.2 Å². The molecule has 15 heavy (non-hydrogen) atoms. The number of carbonyl (C=O) groups is 2. The molecule has 0 atom stereocenters. The van der Waals surface area contributed by atoms with E-state index < -0.39 is 5.91 Å². The summed E-state index contributed by atoms with van der Waals surface area (Å²) in [7, 11) is 3.28. The van der Waals surface area contributed by atoms with E-state index in [2.05, 4.69) is 5.10 Å². The molecule has 0 aromatic carbocycles. The minimum atomic E-state index is -0.635. The minimum absolute atomic E-state index is 0.102. The standard InChI is InChI=1S/C9H14N4O2/c1-4-12(2)9(15)7-5-6(8(10)14)11-13(7)3/h5H,4H2,1-3H3,(H2,10,14). The van der Waals surface area contributed by atoms with Crippen LogP contribution in [0.1, 0.15) is 27.9 Å². The van der Waals surface area contributed by atoms with Crippen molar-refractivity contribution in [2.24, 2.45) is 12.8 Å². The van der Waals surface area contributed by atoms with Crippen LogP contribution in [0.15, 0.2) is 6.07 Å². The molecule has 0 unspecified atom stereocenters. The Kier molecular flexibility index (Phi) is 3.08. The Labute approximate surface area is 87.7 Å². The van der Waals surface area contributed by atoms with Crippen LogP contribution >= 0.6 is 0 Å². The molecule has 0 saturated carbocycles. The van der Waals surface area contributed by atoms with Crippen molar-refractivity contribution in [3.8, 4) is 0 Å². The van der Waals surface area contributed by atoms with Gasteiger partial charge < -0.3 is 10.6 Å². The van der Waals surface area contributed by atoms with Crippen molar-refractivity contribution in [2.75, 3.05) is 13.6 Å². The van der Waals surface area contributed by atoms with Crippen LogP contribution in [0.5, 0.6) is 0 Å². The quantitative estimate of drug-likeness (QED) is 0.737. The van der Waals surface area contributed by atoms with E-state index in [1.165, 1.54) is 15.6 Å². The molecule has 0 radical (unpaired) electrons. The molecule has 1 aromatic rings. The van der Waals surface area contributed by atoms with Gasteiger partial charge in [-0.05, 0) is 6.92 Å². The Morgan fingerprint density at radius 2 is 2.20 bits per heavy atom. The third kappa shape index (κ3) is 2.15. The predicted molar refractivity (Wildman–Crippen MR) is 54.4 cm³/mol. The fourth-order valence-electron chi connectivity index (χ4n) is 1.13. The van der Waals surface area contributed by atoms with Crippen LogP contribution in [-0.2, 0) is 7.05 Å². The summed E-state index contributed by atoms with van der Waals surface area (Å²) in [4.78, 5) is 24.1. The zero-order valence-electron chi connectivity index (χ0n) is 9.02. The highest BCUT2D eigenvalue weighted by Gasteiger charge is 2.17. The second-order valence-electron chi connectivity index (χ2n) is 3.22. The highest BCUT2D eigenvalue weighted by atomic mass is 16.2. The zero-order valence-corrected chi connectivity index (χ0v) is 9.02. The van der Waals surface area contributed by atoms with Gasteiger partial charge in [0.05, 0.1) is 0 Å². The second kappa shape index (κ2) is 4.12. The fraction of sp³-hybridized carbons (Fsp3) is 0.444. The molecule has 0 aliphatic heterocycles. The summed E-state index contributed by atoms with van der Waals surface area (Å²) in [5, 5.41) is 3.84. The normalized spacial score (nSPS) is 10.1. The number of primary amides is 1. The van der Waals surface area contributed by atoms with E-state index in [1.54, 1.807) is 14.1 Å². The van der Waals surface area contributed by atoms with Crippen LogP contribution in [-0.4, -0.2) is 40.1 Å². The monoisotopic (exact) mass is 210 g/mol. The Morgan fingerprint density at radius 1 is 1.60 bits per heavy atom. The van der Waals surface area contributed by atoms with Crippen LogP contribution in [0.25, 0.3) is 0 Å². The molecule has 0 spiro atoms. The number of nitrogens with two attached hydrogens (primary N) is 1. The van der Waals surface area contributed by atoms with Crippen molar-refractivity contribution >= 4 is 11.8 Å². The molecule has 82 valence electrons. The number of hydrogen-bond donors (Lipinski definition) is 1. The Hall–Kier alpha value is -1.85. The number of carbonyl (C=O) groups excluding carboxylic acids is 2. The van der Waals surface area contributed by atoms with Crippen LogP contribution in [0, 0.1) is 0 Å². The Balaban J connectivity index is 3.05. The van der Waals surface area contributed by atoms with Crippen molar-refractivity contribution in [3.05, 3.63) is 17.5 Å². The summed E-state index contributed by atoms with van der Waals surface area (Å²) in [6.45, 7) is 2.46. The van der Waals surface area contributed by atoms with Gasteiger partial charge in [0.1, 0.15) is 5.69 Å². The third-order valence-electron chi connectivity index (χ3n) is 2.17. The molecule has 0 saturated heterocycles. The molecule has 2 amide bonds. The Bertz CT molecular complexity index is 397. The van der Waals surface area contributed by atoms with E-state index in [4.69, 9.17) is 5.73 Å². The van der Waals surface area contributed by atoms with Crippen LogP contribution in [0.3, 0.4) is 0 Å². The summed E-state index contributed by atoms with van der Waals surface area (Å²) in [6, 6.07) is 1.40. The molecule has 1 aromatic heterocycles. The lowest BCUT2D eigenvalue weighted by Crippen LogP contribution is -2.28. The molecule has 1 heterocycles. The number of hydrogen-bond acceptors (Lipinski definition) is 3. The molecular formula is C9H14N4O2. The van der Waals surface area contributed by atoms with Crippen molar-refractivity contribution in [2.45, 2.75) is 6.92 Å². The maximum Gasteiger partial charge on any atom is 0.271 e. The van der Waals surface area contributed by atoms with E-state index in [1.807, 2.05) is 6.92 Å². The second-order valence-corrected chi connectivity index (χ2v) is 3.22. The topological polar surface area (TPSA) is 81.2 Å². The first kappa shape index (κ1) is 11.2. The van der Waals surface area contributed by atoms with Crippen LogP contribution < -0.4 is 5.73 Å². The number of rotatable bonds is 3. The number of nitrogens with zero attached hydrogens (tertiary/aromatic N) is 3. The molecule has 6 heteroatoms. The van der Waals surface area contributed by atoms with Gasteiger partial charge in [-0.15, -0.1) is 0 Å². The first-order valence-electron chi connectivity index (χ1n) is 4.56. The summed E-state index contributed by atoms with van der Waals surface area (Å²) >= 11 is 0.